The number of rotatable bonds is 14. The lowest BCUT2D eigenvalue weighted by molar-refractivity contribution is -0.131. The van der Waals surface area contributed by atoms with E-state index in [0.717, 1.165) is 17.0 Å². The summed E-state index contributed by atoms with van der Waals surface area (Å²) in [6.07, 6.45) is 4.04. The molecule has 2 atom stereocenters. The summed E-state index contributed by atoms with van der Waals surface area (Å²) in [4.78, 5) is 59.1. The molecule has 3 rings (SSSR count). The molecule has 4 N–H and O–H groups in total. The Morgan fingerprint density at radius 3 is 1.90 bits per heavy atom. The second kappa shape index (κ2) is 15.8. The number of hydrogen-bond donors (Lipinski definition) is 4. The predicted octanol–water partition coefficient (Wildman–Crippen LogP) is 1.81. The van der Waals surface area contributed by atoms with E-state index in [0.29, 0.717) is 31.7 Å². The smallest absolute Gasteiger partial charge is 0.242 e. The first-order valence-corrected chi connectivity index (χ1v) is 13.5. The van der Waals surface area contributed by atoms with E-state index >= 15 is 0 Å². The van der Waals surface area contributed by atoms with E-state index in [1.807, 2.05) is 65.6 Å². The fraction of sp³-hybridized carbons (Fsp3) is 0.333. The lowest BCUT2D eigenvalue weighted by atomic mass is 10.1. The van der Waals surface area contributed by atoms with Crippen molar-refractivity contribution < 1.29 is 19.2 Å². The fourth-order valence-electron chi connectivity index (χ4n) is 4.03. The molecule has 0 aliphatic rings. The number of benzene rings is 1. The third-order valence-electron chi connectivity index (χ3n) is 6.11. The normalized spacial score (nSPS) is 12.2. The van der Waals surface area contributed by atoms with Crippen molar-refractivity contribution in [3.05, 3.63) is 90.0 Å². The van der Waals surface area contributed by atoms with E-state index in [4.69, 9.17) is 0 Å². The molecular weight excluding hydrogens is 522 g/mol. The van der Waals surface area contributed by atoms with Gasteiger partial charge in [-0.3, -0.25) is 34.0 Å². The van der Waals surface area contributed by atoms with Gasteiger partial charge in [-0.25, -0.2) is 0 Å². The first-order chi connectivity index (χ1) is 19.7. The molecule has 2 heterocycles. The maximum absolute atomic E-state index is 12.9. The van der Waals surface area contributed by atoms with Crippen molar-refractivity contribution in [2.75, 3.05) is 18.4 Å². The van der Waals surface area contributed by atoms with Crippen LogP contribution in [-0.2, 0) is 38.7 Å². The number of anilines is 1. The largest absolute Gasteiger partial charge is 0.354 e. The Morgan fingerprint density at radius 1 is 0.780 bits per heavy atom. The van der Waals surface area contributed by atoms with Crippen LogP contribution >= 0.6 is 0 Å². The molecule has 0 saturated carbocycles. The van der Waals surface area contributed by atoms with Crippen LogP contribution in [0.15, 0.2) is 73.1 Å². The molecule has 0 fully saturated rings. The number of nitrogens with zero attached hydrogens (tertiary/aromatic N) is 3. The zero-order valence-corrected chi connectivity index (χ0v) is 23.6. The first-order valence-electron chi connectivity index (χ1n) is 13.5. The van der Waals surface area contributed by atoms with E-state index in [1.165, 1.54) is 6.92 Å². The van der Waals surface area contributed by atoms with Crippen molar-refractivity contribution >= 4 is 29.3 Å². The van der Waals surface area contributed by atoms with Crippen LogP contribution in [0.2, 0.25) is 0 Å². The van der Waals surface area contributed by atoms with Gasteiger partial charge in [-0.1, -0.05) is 24.3 Å². The highest BCUT2D eigenvalue weighted by Gasteiger charge is 2.20. The molecule has 1 aromatic carbocycles. The Balaban J connectivity index is 1.46. The Labute approximate surface area is 240 Å². The van der Waals surface area contributed by atoms with Crippen LogP contribution in [0.3, 0.4) is 0 Å². The van der Waals surface area contributed by atoms with Crippen LogP contribution in [0, 0.1) is 0 Å². The van der Waals surface area contributed by atoms with Gasteiger partial charge in [-0.15, -0.1) is 0 Å². The molecule has 0 aliphatic heterocycles. The molecule has 2 aromatic heterocycles. The molecule has 0 radical (unpaired) electrons. The SMILES string of the molecule is CC(=O)N[C@H](C)C(=O)NC(C)C(=O)NCCc1ccc(NC(=O)CN(Cc2ccccn2)Cc2ccccn2)cc1. The summed E-state index contributed by atoms with van der Waals surface area (Å²) in [7, 11) is 0. The molecule has 0 saturated heterocycles. The Kier molecular flexibility index (Phi) is 11.9. The van der Waals surface area contributed by atoms with Gasteiger partial charge in [0, 0.05) is 44.6 Å². The Morgan fingerprint density at radius 2 is 1.37 bits per heavy atom. The minimum absolute atomic E-state index is 0.152. The summed E-state index contributed by atoms with van der Waals surface area (Å²) >= 11 is 0. The molecule has 0 bridgehead atoms. The highest BCUT2D eigenvalue weighted by atomic mass is 16.2. The van der Waals surface area contributed by atoms with Gasteiger partial charge in [0.1, 0.15) is 12.1 Å². The zero-order valence-electron chi connectivity index (χ0n) is 23.6. The average Bonchev–Trinajstić information content (AvgIpc) is 2.94. The molecule has 11 heteroatoms. The zero-order chi connectivity index (χ0) is 29.6. The van der Waals surface area contributed by atoms with E-state index in [-0.39, 0.29) is 24.3 Å². The molecule has 0 spiro atoms. The topological polar surface area (TPSA) is 145 Å². The number of aromatic nitrogens is 2. The minimum atomic E-state index is -0.744. The molecule has 3 aromatic rings. The van der Waals surface area contributed by atoms with Gasteiger partial charge in [0.05, 0.1) is 17.9 Å². The standard InChI is InChI=1S/C30H37N7O4/c1-21(35-30(41)22(2)34-23(3)38)29(40)33-17-14-24-10-12-25(13-11-24)36-28(39)20-37(18-26-8-4-6-15-31-26)19-27-9-5-7-16-32-27/h4-13,15-16,21-22H,14,17-20H2,1-3H3,(H,33,40)(H,34,38)(H,35,41)(H,36,39)/t21?,22-/m1/s1. The van der Waals surface area contributed by atoms with Crippen molar-refractivity contribution in [1.29, 1.82) is 0 Å². The fourth-order valence-corrected chi connectivity index (χ4v) is 4.03. The van der Waals surface area contributed by atoms with Gasteiger partial charge < -0.3 is 21.3 Å². The van der Waals surface area contributed by atoms with Crippen LogP contribution < -0.4 is 21.3 Å². The lowest BCUT2D eigenvalue weighted by Gasteiger charge is -2.21. The second-order valence-electron chi connectivity index (χ2n) is 9.73. The summed E-state index contributed by atoms with van der Waals surface area (Å²) in [6, 6.07) is 17.4. The molecule has 11 nitrogen and oxygen atoms in total. The Hall–Kier alpha value is -4.64. The maximum Gasteiger partial charge on any atom is 0.242 e. The molecule has 41 heavy (non-hydrogen) atoms. The number of nitrogens with one attached hydrogen (secondary N) is 4. The predicted molar refractivity (Wildman–Crippen MR) is 155 cm³/mol. The van der Waals surface area contributed by atoms with E-state index in [2.05, 4.69) is 31.2 Å². The summed E-state index contributed by atoms with van der Waals surface area (Å²) in [5.41, 5.74) is 3.38. The third kappa shape index (κ3) is 11.2. The van der Waals surface area contributed by atoms with Crippen LogP contribution in [0.5, 0.6) is 0 Å². The molecule has 216 valence electrons. The van der Waals surface area contributed by atoms with Crippen molar-refractivity contribution in [1.82, 2.24) is 30.8 Å². The van der Waals surface area contributed by atoms with Gasteiger partial charge in [0.15, 0.2) is 0 Å². The van der Waals surface area contributed by atoms with E-state index in [1.54, 1.807) is 26.2 Å². The summed E-state index contributed by atoms with van der Waals surface area (Å²) in [5, 5.41) is 10.8. The van der Waals surface area contributed by atoms with Crippen LogP contribution in [0.25, 0.3) is 0 Å². The van der Waals surface area contributed by atoms with Gasteiger partial charge in [-0.05, 0) is 62.2 Å². The quantitative estimate of drug-likeness (QED) is 0.236. The summed E-state index contributed by atoms with van der Waals surface area (Å²) in [5.74, 6) is -1.23. The summed E-state index contributed by atoms with van der Waals surface area (Å²) in [6.45, 7) is 6.01. The first kappa shape index (κ1) is 30.9. The van der Waals surface area contributed by atoms with Crippen LogP contribution in [-0.4, -0.2) is 63.7 Å². The lowest BCUT2D eigenvalue weighted by Crippen LogP contribution is -2.51. The molecule has 4 amide bonds. The van der Waals surface area contributed by atoms with Gasteiger partial charge in [0.2, 0.25) is 23.6 Å². The van der Waals surface area contributed by atoms with Gasteiger partial charge in [0.25, 0.3) is 0 Å². The molecule has 1 unspecified atom stereocenters. The maximum atomic E-state index is 12.9. The van der Waals surface area contributed by atoms with Crippen LogP contribution in [0.4, 0.5) is 5.69 Å². The van der Waals surface area contributed by atoms with Crippen molar-refractivity contribution in [2.45, 2.75) is 52.4 Å². The summed E-state index contributed by atoms with van der Waals surface area (Å²) < 4.78 is 0. The number of hydrogen-bond acceptors (Lipinski definition) is 7. The number of carbonyl (C=O) groups excluding carboxylic acids is 4. The molecule has 0 aliphatic carbocycles. The number of amides is 4. The highest BCUT2D eigenvalue weighted by molar-refractivity contribution is 5.92. The third-order valence-corrected chi connectivity index (χ3v) is 6.11. The average molecular weight is 560 g/mol. The van der Waals surface area contributed by atoms with E-state index < -0.39 is 18.0 Å². The minimum Gasteiger partial charge on any atom is -0.354 e. The number of carbonyl (C=O) groups is 4. The number of pyridine rings is 2. The van der Waals surface area contributed by atoms with Crippen molar-refractivity contribution in [3.8, 4) is 0 Å². The molecular formula is C30H37N7O4. The van der Waals surface area contributed by atoms with Crippen molar-refractivity contribution in [3.63, 3.8) is 0 Å². The van der Waals surface area contributed by atoms with Gasteiger partial charge >= 0.3 is 0 Å². The van der Waals surface area contributed by atoms with Crippen molar-refractivity contribution in [2.24, 2.45) is 0 Å². The monoisotopic (exact) mass is 559 g/mol. The van der Waals surface area contributed by atoms with E-state index in [9.17, 15) is 19.2 Å². The highest BCUT2D eigenvalue weighted by Crippen LogP contribution is 2.12. The van der Waals surface area contributed by atoms with Gasteiger partial charge in [-0.2, -0.15) is 0 Å². The second-order valence-corrected chi connectivity index (χ2v) is 9.73. The van der Waals surface area contributed by atoms with Crippen LogP contribution in [0.1, 0.15) is 37.7 Å². The Bertz CT molecular complexity index is 1250.